The van der Waals surface area contributed by atoms with Crippen LogP contribution in [0.1, 0.15) is 23.0 Å². The van der Waals surface area contributed by atoms with Crippen LogP contribution >= 0.6 is 11.3 Å². The van der Waals surface area contributed by atoms with E-state index in [1.165, 1.54) is 11.3 Å². The van der Waals surface area contributed by atoms with Gasteiger partial charge in [0, 0.05) is 44.0 Å². The van der Waals surface area contributed by atoms with Crippen molar-refractivity contribution >= 4 is 23.2 Å². The molecule has 2 aromatic carbocycles. The average Bonchev–Trinajstić information content (AvgIpc) is 3.28. The molecule has 0 aliphatic carbocycles. The Hall–Kier alpha value is -3.19. The topological polar surface area (TPSA) is 62.7 Å². The predicted octanol–water partition coefficient (Wildman–Crippen LogP) is 3.69. The van der Waals surface area contributed by atoms with Crippen molar-refractivity contribution in [3.05, 3.63) is 71.2 Å². The normalized spacial score (nSPS) is 13.9. The van der Waals surface area contributed by atoms with Gasteiger partial charge in [-0.3, -0.25) is 9.59 Å². The number of piperazine rings is 1. The van der Waals surface area contributed by atoms with E-state index in [2.05, 4.69) is 4.98 Å². The Bertz CT molecular complexity index is 1010. The van der Waals surface area contributed by atoms with Crippen LogP contribution in [0.15, 0.2) is 60.0 Å². The zero-order valence-electron chi connectivity index (χ0n) is 16.8. The highest BCUT2D eigenvalue weighted by molar-refractivity contribution is 7.13. The van der Waals surface area contributed by atoms with Crippen LogP contribution in [0.2, 0.25) is 0 Å². The maximum atomic E-state index is 12.7. The summed E-state index contributed by atoms with van der Waals surface area (Å²) in [6.45, 7) is 4.30. The molecule has 1 fully saturated rings. The summed E-state index contributed by atoms with van der Waals surface area (Å²) in [5.41, 5.74) is 2.52. The number of hydrogen-bond acceptors (Lipinski definition) is 5. The highest BCUT2D eigenvalue weighted by atomic mass is 32.1. The number of aromatic nitrogens is 1. The van der Waals surface area contributed by atoms with E-state index in [1.54, 1.807) is 22.1 Å². The largest absolute Gasteiger partial charge is 0.489 e. The van der Waals surface area contributed by atoms with Crippen LogP contribution in [0.5, 0.6) is 5.75 Å². The van der Waals surface area contributed by atoms with Crippen molar-refractivity contribution in [3.63, 3.8) is 0 Å². The van der Waals surface area contributed by atoms with Gasteiger partial charge in [-0.05, 0) is 29.8 Å². The standard InChI is InChI=1S/C23H23N3O3S/c1-17(27)25-11-13-26(14-12-25)23(28)21-16-30-22(24-21)19-7-9-20(10-8-19)29-15-18-5-3-2-4-6-18/h2-10,16H,11-15H2,1H3. The lowest BCUT2D eigenvalue weighted by molar-refractivity contribution is -0.130. The predicted molar refractivity (Wildman–Crippen MR) is 116 cm³/mol. The zero-order valence-corrected chi connectivity index (χ0v) is 17.6. The van der Waals surface area contributed by atoms with Gasteiger partial charge in [0.1, 0.15) is 23.1 Å². The van der Waals surface area contributed by atoms with Crippen molar-refractivity contribution in [2.24, 2.45) is 0 Å². The fraction of sp³-hybridized carbons (Fsp3) is 0.261. The third kappa shape index (κ3) is 4.68. The summed E-state index contributed by atoms with van der Waals surface area (Å²) < 4.78 is 5.83. The van der Waals surface area contributed by atoms with Gasteiger partial charge >= 0.3 is 0 Å². The molecule has 0 saturated carbocycles. The number of rotatable bonds is 5. The quantitative estimate of drug-likeness (QED) is 0.630. The van der Waals surface area contributed by atoms with Crippen LogP contribution in [0, 0.1) is 0 Å². The molecule has 0 unspecified atom stereocenters. The Morgan fingerprint density at radius 1 is 0.967 bits per heavy atom. The van der Waals surface area contributed by atoms with Gasteiger partial charge in [-0.1, -0.05) is 30.3 Å². The molecule has 4 rings (SSSR count). The van der Waals surface area contributed by atoms with Gasteiger partial charge in [-0.2, -0.15) is 0 Å². The van der Waals surface area contributed by atoms with E-state index in [9.17, 15) is 9.59 Å². The molecular formula is C23H23N3O3S. The molecule has 6 nitrogen and oxygen atoms in total. The van der Waals surface area contributed by atoms with Crippen molar-refractivity contribution in [2.75, 3.05) is 26.2 Å². The summed E-state index contributed by atoms with van der Waals surface area (Å²) in [5.74, 6) is 0.761. The molecule has 1 saturated heterocycles. The molecule has 30 heavy (non-hydrogen) atoms. The van der Waals surface area contributed by atoms with E-state index in [0.717, 1.165) is 21.9 Å². The van der Waals surface area contributed by atoms with Crippen LogP contribution in [0.4, 0.5) is 0 Å². The molecule has 3 aromatic rings. The average molecular weight is 422 g/mol. The lowest BCUT2D eigenvalue weighted by Crippen LogP contribution is -2.50. The lowest BCUT2D eigenvalue weighted by atomic mass is 10.2. The number of carbonyl (C=O) groups excluding carboxylic acids is 2. The minimum absolute atomic E-state index is 0.0502. The van der Waals surface area contributed by atoms with Crippen molar-refractivity contribution in [1.29, 1.82) is 0 Å². The van der Waals surface area contributed by atoms with Gasteiger partial charge in [-0.25, -0.2) is 4.98 Å². The monoisotopic (exact) mass is 421 g/mol. The highest BCUT2D eigenvalue weighted by Crippen LogP contribution is 2.26. The summed E-state index contributed by atoms with van der Waals surface area (Å²) in [6.07, 6.45) is 0. The van der Waals surface area contributed by atoms with Gasteiger partial charge in [0.05, 0.1) is 0 Å². The number of thiazole rings is 1. The van der Waals surface area contributed by atoms with Crippen LogP contribution in [-0.4, -0.2) is 52.8 Å². The van der Waals surface area contributed by atoms with Crippen LogP contribution in [-0.2, 0) is 11.4 Å². The number of benzene rings is 2. The molecule has 0 bridgehead atoms. The first-order chi connectivity index (χ1) is 14.6. The van der Waals surface area contributed by atoms with Gasteiger partial charge in [0.15, 0.2) is 0 Å². The van der Waals surface area contributed by atoms with E-state index < -0.39 is 0 Å². The maximum absolute atomic E-state index is 12.7. The number of carbonyl (C=O) groups is 2. The lowest BCUT2D eigenvalue weighted by Gasteiger charge is -2.33. The van der Waals surface area contributed by atoms with Crippen molar-refractivity contribution in [1.82, 2.24) is 14.8 Å². The Labute approximate surface area is 179 Å². The molecule has 2 heterocycles. The zero-order chi connectivity index (χ0) is 20.9. The maximum Gasteiger partial charge on any atom is 0.273 e. The van der Waals surface area contributed by atoms with Gasteiger partial charge in [0.2, 0.25) is 5.91 Å². The molecular weight excluding hydrogens is 398 g/mol. The molecule has 2 amide bonds. The van der Waals surface area contributed by atoms with E-state index >= 15 is 0 Å². The van der Waals surface area contributed by atoms with Crippen molar-refractivity contribution in [2.45, 2.75) is 13.5 Å². The van der Waals surface area contributed by atoms with Gasteiger partial charge in [-0.15, -0.1) is 11.3 Å². The Kier molecular flexibility index (Phi) is 6.09. The Balaban J connectivity index is 1.36. The molecule has 1 aliphatic rings. The summed E-state index contributed by atoms with van der Waals surface area (Å²) in [6, 6.07) is 17.8. The number of amides is 2. The third-order valence-corrected chi connectivity index (χ3v) is 5.98. The summed E-state index contributed by atoms with van der Waals surface area (Å²) >= 11 is 1.45. The van der Waals surface area contributed by atoms with Crippen LogP contribution in [0.25, 0.3) is 10.6 Å². The molecule has 1 aromatic heterocycles. The first-order valence-electron chi connectivity index (χ1n) is 9.87. The molecule has 0 spiro atoms. The first kappa shape index (κ1) is 20.1. The number of hydrogen-bond donors (Lipinski definition) is 0. The van der Waals surface area contributed by atoms with E-state index in [-0.39, 0.29) is 11.8 Å². The second kappa shape index (κ2) is 9.09. The summed E-state index contributed by atoms with van der Waals surface area (Å²) in [7, 11) is 0. The van der Waals surface area contributed by atoms with E-state index in [0.29, 0.717) is 38.5 Å². The molecule has 0 N–H and O–H groups in total. The van der Waals surface area contributed by atoms with Gasteiger partial charge in [0.25, 0.3) is 5.91 Å². The number of nitrogens with zero attached hydrogens (tertiary/aromatic N) is 3. The van der Waals surface area contributed by atoms with Crippen molar-refractivity contribution < 1.29 is 14.3 Å². The number of ether oxygens (including phenoxy) is 1. The van der Waals surface area contributed by atoms with Crippen molar-refractivity contribution in [3.8, 4) is 16.3 Å². The van der Waals surface area contributed by atoms with E-state index in [1.807, 2.05) is 54.6 Å². The first-order valence-corrected chi connectivity index (χ1v) is 10.8. The van der Waals surface area contributed by atoms with Crippen LogP contribution in [0.3, 0.4) is 0 Å². The fourth-order valence-corrected chi connectivity index (χ4v) is 4.13. The molecule has 154 valence electrons. The molecule has 0 radical (unpaired) electrons. The second-order valence-corrected chi connectivity index (χ2v) is 7.99. The second-order valence-electron chi connectivity index (χ2n) is 7.13. The molecule has 1 aliphatic heterocycles. The highest BCUT2D eigenvalue weighted by Gasteiger charge is 2.24. The van der Waals surface area contributed by atoms with E-state index in [4.69, 9.17) is 4.74 Å². The smallest absolute Gasteiger partial charge is 0.273 e. The third-order valence-electron chi connectivity index (χ3n) is 5.09. The fourth-order valence-electron chi connectivity index (χ4n) is 3.33. The van der Waals surface area contributed by atoms with Gasteiger partial charge < -0.3 is 14.5 Å². The molecule has 0 atom stereocenters. The summed E-state index contributed by atoms with van der Waals surface area (Å²) in [4.78, 5) is 32.3. The Morgan fingerprint density at radius 2 is 1.63 bits per heavy atom. The minimum atomic E-state index is -0.0801. The molecule has 7 heteroatoms. The Morgan fingerprint density at radius 3 is 2.30 bits per heavy atom. The summed E-state index contributed by atoms with van der Waals surface area (Å²) in [5, 5.41) is 2.60. The minimum Gasteiger partial charge on any atom is -0.489 e. The van der Waals surface area contributed by atoms with Crippen LogP contribution < -0.4 is 4.74 Å². The SMILES string of the molecule is CC(=O)N1CCN(C(=O)c2csc(-c3ccc(OCc4ccccc4)cc3)n2)CC1.